The molecular weight excluding hydrogens is 314 g/mol. The lowest BCUT2D eigenvalue weighted by atomic mass is 10.1. The summed E-state index contributed by atoms with van der Waals surface area (Å²) in [5.74, 6) is -0.302. The van der Waals surface area contributed by atoms with Crippen LogP contribution in [-0.2, 0) is 0 Å². The fraction of sp³-hybridized carbons (Fsp3) is 0.200. The Morgan fingerprint density at radius 2 is 1.80 bits per heavy atom. The summed E-state index contributed by atoms with van der Waals surface area (Å²) in [6.45, 7) is 4.07. The van der Waals surface area contributed by atoms with Crippen molar-refractivity contribution in [1.82, 2.24) is 15.1 Å². The van der Waals surface area contributed by atoms with Gasteiger partial charge in [0.15, 0.2) is 5.69 Å². The van der Waals surface area contributed by atoms with Crippen molar-refractivity contribution in [2.24, 2.45) is 0 Å². The topological polar surface area (TPSA) is 67.2 Å². The van der Waals surface area contributed by atoms with Gasteiger partial charge < -0.3 is 10.4 Å². The van der Waals surface area contributed by atoms with Crippen molar-refractivity contribution < 1.29 is 9.90 Å². The number of benzene rings is 2. The summed E-state index contributed by atoms with van der Waals surface area (Å²) >= 11 is 0. The molecule has 0 aliphatic carbocycles. The Morgan fingerprint density at radius 3 is 2.48 bits per heavy atom. The van der Waals surface area contributed by atoms with Crippen molar-refractivity contribution in [2.45, 2.75) is 20.0 Å². The molecule has 5 heteroatoms. The van der Waals surface area contributed by atoms with Crippen molar-refractivity contribution in [3.63, 3.8) is 0 Å². The van der Waals surface area contributed by atoms with Crippen LogP contribution in [0.2, 0.25) is 0 Å². The number of aliphatic hydroxyl groups is 1. The summed E-state index contributed by atoms with van der Waals surface area (Å²) < 4.78 is 1.74. The Bertz CT molecular complexity index is 854. The second-order valence-electron chi connectivity index (χ2n) is 6.05. The number of hydrogen-bond donors (Lipinski definition) is 2. The van der Waals surface area contributed by atoms with Crippen LogP contribution in [0.25, 0.3) is 5.69 Å². The molecule has 0 aliphatic heterocycles. The first-order valence-electron chi connectivity index (χ1n) is 8.19. The third-order valence-electron chi connectivity index (χ3n) is 4.04. The second kappa shape index (κ2) is 7.32. The number of carbonyl (C=O) groups excluding carboxylic acids is 1. The maximum Gasteiger partial charge on any atom is 0.271 e. The van der Waals surface area contributed by atoms with Gasteiger partial charge in [-0.1, -0.05) is 48.0 Å². The van der Waals surface area contributed by atoms with Crippen molar-refractivity contribution in [1.29, 1.82) is 0 Å². The van der Waals surface area contributed by atoms with Gasteiger partial charge in [-0.05, 0) is 37.6 Å². The molecule has 2 N–H and O–H groups in total. The number of aryl methyl sites for hydroxylation is 2. The van der Waals surface area contributed by atoms with Gasteiger partial charge >= 0.3 is 0 Å². The predicted octanol–water partition coefficient (Wildman–Crippen LogP) is 2.95. The summed E-state index contributed by atoms with van der Waals surface area (Å²) in [5.41, 5.74) is 4.05. The van der Waals surface area contributed by atoms with Crippen molar-refractivity contribution in [2.75, 3.05) is 6.54 Å². The smallest absolute Gasteiger partial charge is 0.271 e. The molecule has 0 fully saturated rings. The monoisotopic (exact) mass is 335 g/mol. The van der Waals surface area contributed by atoms with E-state index in [-0.39, 0.29) is 12.5 Å². The molecule has 3 rings (SSSR count). The number of nitrogens with one attached hydrogen (secondary N) is 1. The van der Waals surface area contributed by atoms with Crippen LogP contribution in [0.3, 0.4) is 0 Å². The fourth-order valence-electron chi connectivity index (χ4n) is 2.61. The lowest BCUT2D eigenvalue weighted by Gasteiger charge is -2.11. The Labute approximate surface area is 146 Å². The highest BCUT2D eigenvalue weighted by molar-refractivity contribution is 5.92. The molecule has 1 atom stereocenters. The van der Waals surface area contributed by atoms with Gasteiger partial charge in [0.05, 0.1) is 11.8 Å². The molecule has 2 aromatic carbocycles. The minimum atomic E-state index is -0.745. The van der Waals surface area contributed by atoms with Crippen LogP contribution in [0.5, 0.6) is 0 Å². The fourth-order valence-corrected chi connectivity index (χ4v) is 2.61. The molecule has 0 bridgehead atoms. The van der Waals surface area contributed by atoms with E-state index in [1.807, 2.05) is 68.4 Å². The Morgan fingerprint density at radius 1 is 1.12 bits per heavy atom. The highest BCUT2D eigenvalue weighted by Crippen LogP contribution is 2.14. The number of nitrogens with zero attached hydrogens (tertiary/aromatic N) is 2. The molecule has 0 aliphatic rings. The van der Waals surface area contributed by atoms with E-state index in [1.54, 1.807) is 10.7 Å². The quantitative estimate of drug-likeness (QED) is 0.753. The van der Waals surface area contributed by atoms with Crippen LogP contribution in [0.15, 0.2) is 60.7 Å². The molecule has 128 valence electrons. The maximum atomic E-state index is 12.3. The van der Waals surface area contributed by atoms with Crippen LogP contribution < -0.4 is 5.32 Å². The van der Waals surface area contributed by atoms with E-state index in [0.29, 0.717) is 5.69 Å². The van der Waals surface area contributed by atoms with Gasteiger partial charge in [0.1, 0.15) is 0 Å². The number of aromatic nitrogens is 2. The Kier molecular flexibility index (Phi) is 4.95. The van der Waals surface area contributed by atoms with Gasteiger partial charge in [0.25, 0.3) is 5.91 Å². The van der Waals surface area contributed by atoms with Gasteiger partial charge in [-0.25, -0.2) is 4.68 Å². The zero-order valence-electron chi connectivity index (χ0n) is 14.3. The first kappa shape index (κ1) is 16.9. The summed E-state index contributed by atoms with van der Waals surface area (Å²) in [7, 11) is 0. The van der Waals surface area contributed by atoms with Gasteiger partial charge in [0.2, 0.25) is 0 Å². The molecule has 0 radical (unpaired) electrons. The van der Waals surface area contributed by atoms with E-state index in [4.69, 9.17) is 0 Å². The molecule has 1 aromatic heterocycles. The Hall–Kier alpha value is -2.92. The first-order chi connectivity index (χ1) is 12.0. The molecule has 1 unspecified atom stereocenters. The SMILES string of the molecule is Cc1ccc(-n2nc(C(=O)NCC(O)c3ccccc3)cc2C)cc1. The maximum absolute atomic E-state index is 12.3. The third kappa shape index (κ3) is 3.95. The van der Waals surface area contributed by atoms with Crippen LogP contribution >= 0.6 is 0 Å². The predicted molar refractivity (Wildman–Crippen MR) is 96.8 cm³/mol. The minimum absolute atomic E-state index is 0.138. The lowest BCUT2D eigenvalue weighted by molar-refractivity contribution is 0.0911. The third-order valence-corrected chi connectivity index (χ3v) is 4.04. The molecule has 1 heterocycles. The summed E-state index contributed by atoms with van der Waals surface area (Å²) in [6.07, 6.45) is -0.745. The highest BCUT2D eigenvalue weighted by atomic mass is 16.3. The molecule has 25 heavy (non-hydrogen) atoms. The van der Waals surface area contributed by atoms with E-state index < -0.39 is 6.10 Å². The van der Waals surface area contributed by atoms with E-state index >= 15 is 0 Å². The standard InChI is InChI=1S/C20H21N3O2/c1-14-8-10-17(11-9-14)23-15(2)12-18(22-23)20(25)21-13-19(24)16-6-4-3-5-7-16/h3-12,19,24H,13H2,1-2H3,(H,21,25). The number of aliphatic hydroxyl groups excluding tert-OH is 1. The van der Waals surface area contributed by atoms with Crippen LogP contribution in [-0.4, -0.2) is 27.3 Å². The molecular formula is C20H21N3O2. The summed E-state index contributed by atoms with van der Waals surface area (Å²) in [6, 6.07) is 18.9. The zero-order valence-corrected chi connectivity index (χ0v) is 14.3. The normalized spacial score (nSPS) is 12.0. The summed E-state index contributed by atoms with van der Waals surface area (Å²) in [4.78, 5) is 12.3. The number of rotatable bonds is 5. The lowest BCUT2D eigenvalue weighted by Crippen LogP contribution is -2.28. The van der Waals surface area contributed by atoms with Crippen LogP contribution in [0, 0.1) is 13.8 Å². The van der Waals surface area contributed by atoms with E-state index in [0.717, 1.165) is 16.9 Å². The second-order valence-corrected chi connectivity index (χ2v) is 6.05. The minimum Gasteiger partial charge on any atom is -0.387 e. The number of carbonyl (C=O) groups is 1. The van der Waals surface area contributed by atoms with Crippen molar-refractivity contribution in [3.05, 3.63) is 83.2 Å². The zero-order chi connectivity index (χ0) is 17.8. The van der Waals surface area contributed by atoms with Crippen molar-refractivity contribution in [3.8, 4) is 5.69 Å². The van der Waals surface area contributed by atoms with Gasteiger partial charge in [-0.2, -0.15) is 5.10 Å². The average molecular weight is 335 g/mol. The van der Waals surface area contributed by atoms with E-state index in [2.05, 4.69) is 10.4 Å². The molecule has 1 amide bonds. The number of hydrogen-bond acceptors (Lipinski definition) is 3. The van der Waals surface area contributed by atoms with Gasteiger partial charge in [0, 0.05) is 12.2 Å². The van der Waals surface area contributed by atoms with Crippen LogP contribution in [0.4, 0.5) is 0 Å². The Balaban J connectivity index is 1.69. The molecule has 0 saturated heterocycles. The van der Waals surface area contributed by atoms with Crippen LogP contribution in [0.1, 0.15) is 33.4 Å². The van der Waals surface area contributed by atoms with Crippen molar-refractivity contribution >= 4 is 5.91 Å². The number of amides is 1. The molecule has 5 nitrogen and oxygen atoms in total. The largest absolute Gasteiger partial charge is 0.387 e. The molecule has 3 aromatic rings. The van der Waals surface area contributed by atoms with E-state index in [1.165, 1.54) is 5.56 Å². The first-order valence-corrected chi connectivity index (χ1v) is 8.19. The van der Waals surface area contributed by atoms with Gasteiger partial charge in [-0.15, -0.1) is 0 Å². The highest BCUT2D eigenvalue weighted by Gasteiger charge is 2.15. The molecule has 0 saturated carbocycles. The molecule has 0 spiro atoms. The summed E-state index contributed by atoms with van der Waals surface area (Å²) in [5, 5.41) is 17.3. The van der Waals surface area contributed by atoms with E-state index in [9.17, 15) is 9.90 Å². The average Bonchev–Trinajstić information content (AvgIpc) is 3.02. The van der Waals surface area contributed by atoms with Gasteiger partial charge in [-0.3, -0.25) is 4.79 Å².